The molecule has 1 aliphatic rings. The highest BCUT2D eigenvalue weighted by atomic mass is 35.5. The van der Waals surface area contributed by atoms with Crippen molar-refractivity contribution in [2.45, 2.75) is 33.6 Å². The normalized spacial score (nSPS) is 15.4. The molecule has 18 heavy (non-hydrogen) atoms. The zero-order valence-corrected chi connectivity index (χ0v) is 11.9. The first-order valence-corrected chi connectivity index (χ1v) is 6.83. The van der Waals surface area contributed by atoms with Gasteiger partial charge in [-0.05, 0) is 23.6 Å². The Morgan fingerprint density at radius 2 is 2.11 bits per heavy atom. The van der Waals surface area contributed by atoms with Gasteiger partial charge in [0.25, 0.3) is 0 Å². The maximum atomic E-state index is 12.2. The van der Waals surface area contributed by atoms with Crippen molar-refractivity contribution < 1.29 is 9.53 Å². The standard InChI is InChI=1S/C15H19ClO2/c1-9(2)10(3)14(17)8-12-7-13(16)6-11-4-5-18-15(11)12/h6-7,9-10H,4-5,8H2,1-3H3. The summed E-state index contributed by atoms with van der Waals surface area (Å²) in [7, 11) is 0. The number of Topliss-reactive ketones (excluding diaryl/α,β-unsaturated/α-hetero) is 1. The number of hydrogen-bond donors (Lipinski definition) is 0. The molecule has 0 spiro atoms. The van der Waals surface area contributed by atoms with Crippen LogP contribution in [0.2, 0.25) is 5.02 Å². The number of carbonyl (C=O) groups excluding carboxylic acids is 1. The lowest BCUT2D eigenvalue weighted by Gasteiger charge is -2.15. The largest absolute Gasteiger partial charge is 0.493 e. The topological polar surface area (TPSA) is 26.3 Å². The van der Waals surface area contributed by atoms with E-state index in [4.69, 9.17) is 16.3 Å². The molecular weight excluding hydrogens is 248 g/mol. The molecule has 2 rings (SSSR count). The lowest BCUT2D eigenvalue weighted by Crippen LogP contribution is -2.19. The van der Waals surface area contributed by atoms with E-state index in [2.05, 4.69) is 13.8 Å². The van der Waals surface area contributed by atoms with E-state index in [9.17, 15) is 4.79 Å². The molecular formula is C15H19ClO2. The summed E-state index contributed by atoms with van der Waals surface area (Å²) in [4.78, 5) is 12.2. The highest BCUT2D eigenvalue weighted by molar-refractivity contribution is 6.30. The molecule has 0 saturated carbocycles. The summed E-state index contributed by atoms with van der Waals surface area (Å²) >= 11 is 6.09. The Kier molecular flexibility index (Phi) is 3.96. The van der Waals surface area contributed by atoms with Gasteiger partial charge >= 0.3 is 0 Å². The number of rotatable bonds is 4. The third kappa shape index (κ3) is 2.69. The Labute approximate surface area is 113 Å². The van der Waals surface area contributed by atoms with Crippen molar-refractivity contribution >= 4 is 17.4 Å². The van der Waals surface area contributed by atoms with Gasteiger partial charge in [-0.1, -0.05) is 32.4 Å². The number of carbonyl (C=O) groups is 1. The van der Waals surface area contributed by atoms with Crippen LogP contribution in [-0.4, -0.2) is 12.4 Å². The number of fused-ring (bicyclic) bond motifs is 1. The monoisotopic (exact) mass is 266 g/mol. The van der Waals surface area contributed by atoms with Gasteiger partial charge in [0, 0.05) is 29.3 Å². The van der Waals surface area contributed by atoms with E-state index >= 15 is 0 Å². The first-order valence-electron chi connectivity index (χ1n) is 6.46. The van der Waals surface area contributed by atoms with Crippen LogP contribution in [0.4, 0.5) is 0 Å². The van der Waals surface area contributed by atoms with Crippen LogP contribution in [0.1, 0.15) is 31.9 Å². The first kappa shape index (κ1) is 13.4. The van der Waals surface area contributed by atoms with Crippen molar-refractivity contribution in [3.05, 3.63) is 28.3 Å². The lowest BCUT2D eigenvalue weighted by atomic mass is 9.89. The Morgan fingerprint density at radius 1 is 1.39 bits per heavy atom. The number of hydrogen-bond acceptors (Lipinski definition) is 2. The van der Waals surface area contributed by atoms with Gasteiger partial charge in [-0.3, -0.25) is 4.79 Å². The van der Waals surface area contributed by atoms with Crippen molar-refractivity contribution in [2.75, 3.05) is 6.61 Å². The third-order valence-electron chi connectivity index (χ3n) is 3.70. The van der Waals surface area contributed by atoms with Gasteiger partial charge in [0.2, 0.25) is 0 Å². The van der Waals surface area contributed by atoms with Crippen LogP contribution in [0.3, 0.4) is 0 Å². The molecule has 1 unspecified atom stereocenters. The molecule has 0 aromatic heterocycles. The molecule has 0 N–H and O–H groups in total. The molecule has 2 nitrogen and oxygen atoms in total. The van der Waals surface area contributed by atoms with Crippen LogP contribution in [0.5, 0.6) is 5.75 Å². The van der Waals surface area contributed by atoms with Gasteiger partial charge in [0.05, 0.1) is 6.61 Å². The summed E-state index contributed by atoms with van der Waals surface area (Å²) in [5, 5.41) is 0.694. The van der Waals surface area contributed by atoms with Crippen LogP contribution in [-0.2, 0) is 17.6 Å². The minimum Gasteiger partial charge on any atom is -0.493 e. The van der Waals surface area contributed by atoms with Crippen LogP contribution in [0.25, 0.3) is 0 Å². The average Bonchev–Trinajstić information content (AvgIpc) is 2.75. The highest BCUT2D eigenvalue weighted by Gasteiger charge is 2.22. The lowest BCUT2D eigenvalue weighted by molar-refractivity contribution is -0.122. The van der Waals surface area contributed by atoms with Crippen LogP contribution >= 0.6 is 11.6 Å². The molecule has 1 aromatic rings. The molecule has 0 aliphatic carbocycles. The summed E-state index contributed by atoms with van der Waals surface area (Å²) in [6, 6.07) is 3.79. The summed E-state index contributed by atoms with van der Waals surface area (Å²) in [6.07, 6.45) is 1.30. The number of ether oxygens (including phenoxy) is 1. The van der Waals surface area contributed by atoms with Gasteiger partial charge < -0.3 is 4.74 Å². The SMILES string of the molecule is CC(C)C(C)C(=O)Cc1cc(Cl)cc2c1OCC2. The van der Waals surface area contributed by atoms with Gasteiger partial charge in [-0.2, -0.15) is 0 Å². The molecule has 0 saturated heterocycles. The quantitative estimate of drug-likeness (QED) is 0.831. The molecule has 0 radical (unpaired) electrons. The maximum Gasteiger partial charge on any atom is 0.140 e. The summed E-state index contributed by atoms with van der Waals surface area (Å²) < 4.78 is 5.61. The second-order valence-electron chi connectivity index (χ2n) is 5.33. The zero-order chi connectivity index (χ0) is 13.3. The van der Waals surface area contributed by atoms with Crippen LogP contribution in [0.15, 0.2) is 12.1 Å². The van der Waals surface area contributed by atoms with E-state index in [0.29, 0.717) is 24.0 Å². The Hall–Kier alpha value is -1.02. The Bertz CT molecular complexity index is 466. The van der Waals surface area contributed by atoms with E-state index in [-0.39, 0.29) is 11.7 Å². The molecule has 1 heterocycles. The molecule has 1 aromatic carbocycles. The third-order valence-corrected chi connectivity index (χ3v) is 3.92. The van der Waals surface area contributed by atoms with Crippen LogP contribution in [0, 0.1) is 11.8 Å². The van der Waals surface area contributed by atoms with E-state index in [1.54, 1.807) is 0 Å². The van der Waals surface area contributed by atoms with Gasteiger partial charge in [-0.25, -0.2) is 0 Å². The summed E-state index contributed by atoms with van der Waals surface area (Å²) in [5.41, 5.74) is 2.06. The first-order chi connectivity index (χ1) is 8.49. The Morgan fingerprint density at radius 3 is 2.78 bits per heavy atom. The van der Waals surface area contributed by atoms with E-state index in [1.165, 1.54) is 0 Å². The number of halogens is 1. The second kappa shape index (κ2) is 5.31. The fourth-order valence-corrected chi connectivity index (χ4v) is 2.46. The predicted octanol–water partition coefficient (Wildman–Crippen LogP) is 3.68. The van der Waals surface area contributed by atoms with Crippen LogP contribution < -0.4 is 4.74 Å². The zero-order valence-electron chi connectivity index (χ0n) is 11.1. The van der Waals surface area contributed by atoms with E-state index in [1.807, 2.05) is 19.1 Å². The molecule has 0 bridgehead atoms. The van der Waals surface area contributed by atoms with Crippen molar-refractivity contribution in [1.29, 1.82) is 0 Å². The molecule has 0 fully saturated rings. The molecule has 0 amide bonds. The number of ketones is 1. The Balaban J connectivity index is 2.22. The molecule has 3 heteroatoms. The predicted molar refractivity (Wildman–Crippen MR) is 73.4 cm³/mol. The fourth-order valence-electron chi connectivity index (χ4n) is 2.20. The minimum atomic E-state index is 0.0704. The molecule has 1 atom stereocenters. The highest BCUT2D eigenvalue weighted by Crippen LogP contribution is 2.33. The minimum absolute atomic E-state index is 0.0704. The van der Waals surface area contributed by atoms with Gasteiger partial charge in [0.1, 0.15) is 11.5 Å². The average molecular weight is 267 g/mol. The van der Waals surface area contributed by atoms with Gasteiger partial charge in [0.15, 0.2) is 0 Å². The van der Waals surface area contributed by atoms with E-state index < -0.39 is 0 Å². The molecule has 1 aliphatic heterocycles. The van der Waals surface area contributed by atoms with E-state index in [0.717, 1.165) is 23.3 Å². The summed E-state index contributed by atoms with van der Waals surface area (Å²) in [5.74, 6) is 1.57. The van der Waals surface area contributed by atoms with Crippen molar-refractivity contribution in [2.24, 2.45) is 11.8 Å². The fraction of sp³-hybridized carbons (Fsp3) is 0.533. The number of benzene rings is 1. The summed E-state index contributed by atoms with van der Waals surface area (Å²) in [6.45, 7) is 6.82. The van der Waals surface area contributed by atoms with Crippen molar-refractivity contribution in [1.82, 2.24) is 0 Å². The van der Waals surface area contributed by atoms with Crippen molar-refractivity contribution in [3.8, 4) is 5.75 Å². The maximum absolute atomic E-state index is 12.2. The smallest absolute Gasteiger partial charge is 0.140 e. The van der Waals surface area contributed by atoms with Crippen molar-refractivity contribution in [3.63, 3.8) is 0 Å². The van der Waals surface area contributed by atoms with Gasteiger partial charge in [-0.15, -0.1) is 0 Å². The molecule has 98 valence electrons. The second-order valence-corrected chi connectivity index (χ2v) is 5.76.